The van der Waals surface area contributed by atoms with Gasteiger partial charge < -0.3 is 0 Å². The van der Waals surface area contributed by atoms with Crippen molar-refractivity contribution >= 4 is 11.8 Å². The fourth-order valence-corrected chi connectivity index (χ4v) is 1.11. The van der Waals surface area contributed by atoms with Crippen LogP contribution in [-0.2, 0) is 11.3 Å². The van der Waals surface area contributed by atoms with Crippen molar-refractivity contribution in [3.05, 3.63) is 35.9 Å². The maximum absolute atomic E-state index is 5.11. The zero-order valence-electron chi connectivity index (χ0n) is 6.79. The van der Waals surface area contributed by atoms with E-state index in [-0.39, 0.29) is 0 Å². The molecule has 0 aromatic heterocycles. The molecule has 1 N–H and O–H groups in total. The maximum Gasteiger partial charge on any atom is 0.0700 e. The van der Waals surface area contributed by atoms with Gasteiger partial charge >= 0.3 is 0 Å². The molecule has 3 heteroatoms. The molecule has 0 bridgehead atoms. The highest BCUT2D eigenvalue weighted by Crippen LogP contribution is 2.01. The highest BCUT2D eigenvalue weighted by molar-refractivity contribution is 6.12. The molecule has 0 aliphatic rings. The van der Waals surface area contributed by atoms with Crippen molar-refractivity contribution in [3.63, 3.8) is 0 Å². The SMILES string of the molecule is ClNOCCCc1ccccc1. The van der Waals surface area contributed by atoms with Crippen LogP contribution in [0.2, 0.25) is 0 Å². The Morgan fingerprint density at radius 2 is 2.00 bits per heavy atom. The highest BCUT2D eigenvalue weighted by atomic mass is 35.5. The summed E-state index contributed by atoms with van der Waals surface area (Å²) in [5.41, 5.74) is 1.33. The van der Waals surface area contributed by atoms with Crippen LogP contribution in [0.15, 0.2) is 30.3 Å². The van der Waals surface area contributed by atoms with Crippen LogP contribution in [0.1, 0.15) is 12.0 Å². The summed E-state index contributed by atoms with van der Waals surface area (Å²) < 4.78 is 0. The number of halogens is 1. The molecule has 0 saturated carbocycles. The van der Waals surface area contributed by atoms with Crippen molar-refractivity contribution in [1.82, 2.24) is 5.00 Å². The molecule has 1 aromatic carbocycles. The predicted octanol–water partition coefficient (Wildman–Crippen LogP) is 2.29. The zero-order chi connectivity index (χ0) is 8.65. The van der Waals surface area contributed by atoms with Crippen LogP contribution in [-0.4, -0.2) is 6.61 Å². The topological polar surface area (TPSA) is 21.3 Å². The van der Waals surface area contributed by atoms with Gasteiger partial charge in [-0.3, -0.25) is 4.84 Å². The second kappa shape index (κ2) is 6.00. The summed E-state index contributed by atoms with van der Waals surface area (Å²) in [7, 11) is 0. The molecule has 0 fully saturated rings. The van der Waals surface area contributed by atoms with E-state index >= 15 is 0 Å². The summed E-state index contributed by atoms with van der Waals surface area (Å²) in [6, 6.07) is 10.3. The number of rotatable bonds is 5. The minimum atomic E-state index is 0.637. The van der Waals surface area contributed by atoms with E-state index in [2.05, 4.69) is 17.1 Å². The predicted molar refractivity (Wildman–Crippen MR) is 49.7 cm³/mol. The van der Waals surface area contributed by atoms with Crippen molar-refractivity contribution in [2.75, 3.05) is 6.61 Å². The summed E-state index contributed by atoms with van der Waals surface area (Å²) in [4.78, 5) is 6.90. The first kappa shape index (κ1) is 9.52. The standard InChI is InChI=1S/C9H12ClNO/c10-11-12-8-4-7-9-5-2-1-3-6-9/h1-3,5-6,11H,4,7-8H2. The summed E-state index contributed by atoms with van der Waals surface area (Å²) in [5.74, 6) is 0. The Bertz CT molecular complexity index is 203. The summed E-state index contributed by atoms with van der Waals surface area (Å²) in [6.45, 7) is 0.637. The van der Waals surface area contributed by atoms with Gasteiger partial charge in [-0.25, -0.2) is 0 Å². The van der Waals surface area contributed by atoms with E-state index in [1.54, 1.807) is 0 Å². The third kappa shape index (κ3) is 3.72. The molecule has 0 unspecified atom stereocenters. The van der Waals surface area contributed by atoms with Crippen LogP contribution in [0, 0.1) is 0 Å². The molecule has 1 aromatic rings. The Balaban J connectivity index is 2.16. The molecule has 0 aliphatic heterocycles. The molecule has 66 valence electrons. The second-order valence-corrected chi connectivity index (χ2v) is 2.67. The number of hydrogen-bond donors (Lipinski definition) is 1. The average molecular weight is 186 g/mol. The van der Waals surface area contributed by atoms with E-state index in [0.29, 0.717) is 6.61 Å². The van der Waals surface area contributed by atoms with Crippen molar-refractivity contribution < 1.29 is 4.84 Å². The lowest BCUT2D eigenvalue weighted by molar-refractivity contribution is 0.0937. The number of hydrogen-bond acceptors (Lipinski definition) is 2. The van der Waals surface area contributed by atoms with E-state index in [4.69, 9.17) is 16.6 Å². The molecule has 0 aliphatic carbocycles. The van der Waals surface area contributed by atoms with Crippen molar-refractivity contribution in [1.29, 1.82) is 0 Å². The smallest absolute Gasteiger partial charge is 0.0700 e. The van der Waals surface area contributed by atoms with Gasteiger partial charge in [-0.1, -0.05) is 30.3 Å². The molecule has 0 radical (unpaired) electrons. The monoisotopic (exact) mass is 185 g/mol. The maximum atomic E-state index is 5.11. The number of benzene rings is 1. The van der Waals surface area contributed by atoms with E-state index in [1.165, 1.54) is 5.56 Å². The van der Waals surface area contributed by atoms with Gasteiger partial charge in [0.2, 0.25) is 0 Å². The summed E-state index contributed by atoms with van der Waals surface area (Å²) in [6.07, 6.45) is 2.00. The van der Waals surface area contributed by atoms with E-state index in [9.17, 15) is 0 Å². The van der Waals surface area contributed by atoms with Crippen LogP contribution in [0.5, 0.6) is 0 Å². The largest absolute Gasteiger partial charge is 0.286 e. The van der Waals surface area contributed by atoms with Gasteiger partial charge in [-0.2, -0.15) is 0 Å². The van der Waals surface area contributed by atoms with Crippen LogP contribution >= 0.6 is 11.8 Å². The Morgan fingerprint density at radius 1 is 1.25 bits per heavy atom. The van der Waals surface area contributed by atoms with E-state index < -0.39 is 0 Å². The first-order valence-electron chi connectivity index (χ1n) is 3.95. The third-order valence-electron chi connectivity index (χ3n) is 1.61. The van der Waals surface area contributed by atoms with E-state index in [0.717, 1.165) is 12.8 Å². The lowest BCUT2D eigenvalue weighted by Crippen LogP contribution is -2.03. The molecule has 0 heterocycles. The van der Waals surface area contributed by atoms with Crippen molar-refractivity contribution in [2.24, 2.45) is 0 Å². The van der Waals surface area contributed by atoms with Crippen molar-refractivity contribution in [2.45, 2.75) is 12.8 Å². The van der Waals surface area contributed by atoms with Crippen LogP contribution in [0.25, 0.3) is 0 Å². The molecule has 12 heavy (non-hydrogen) atoms. The zero-order valence-corrected chi connectivity index (χ0v) is 7.55. The summed E-state index contributed by atoms with van der Waals surface area (Å²) >= 11 is 5.11. The Morgan fingerprint density at radius 3 is 2.67 bits per heavy atom. The molecule has 1 rings (SSSR count). The van der Waals surface area contributed by atoms with Crippen LogP contribution < -0.4 is 5.00 Å². The van der Waals surface area contributed by atoms with Gasteiger partial charge in [0.05, 0.1) is 6.61 Å². The Hall–Kier alpha value is -0.570. The Kier molecular flexibility index (Phi) is 4.76. The fourth-order valence-electron chi connectivity index (χ4n) is 1.03. The molecule has 0 atom stereocenters. The van der Waals surface area contributed by atoms with E-state index in [1.807, 2.05) is 18.2 Å². The molecule has 0 amide bonds. The quantitative estimate of drug-likeness (QED) is 0.432. The minimum absolute atomic E-state index is 0.637. The molecular formula is C9H12ClNO. The highest BCUT2D eigenvalue weighted by Gasteiger charge is 1.90. The lowest BCUT2D eigenvalue weighted by Gasteiger charge is -2.00. The third-order valence-corrected chi connectivity index (χ3v) is 1.72. The molecular weight excluding hydrogens is 174 g/mol. The van der Waals surface area contributed by atoms with Gasteiger partial charge in [0, 0.05) is 11.8 Å². The van der Waals surface area contributed by atoms with Crippen LogP contribution in [0.3, 0.4) is 0 Å². The number of aryl methyl sites for hydroxylation is 1. The molecule has 0 spiro atoms. The Labute approximate surface area is 77.6 Å². The van der Waals surface area contributed by atoms with Gasteiger partial charge in [-0.15, -0.1) is 5.00 Å². The second-order valence-electron chi connectivity index (χ2n) is 2.51. The van der Waals surface area contributed by atoms with Crippen molar-refractivity contribution in [3.8, 4) is 0 Å². The first-order chi connectivity index (χ1) is 5.93. The minimum Gasteiger partial charge on any atom is -0.286 e. The average Bonchev–Trinajstić information content (AvgIpc) is 2.14. The normalized spacial score (nSPS) is 10.1. The fraction of sp³-hybridized carbons (Fsp3) is 0.333. The van der Waals surface area contributed by atoms with Gasteiger partial charge in [0.25, 0.3) is 0 Å². The van der Waals surface area contributed by atoms with Gasteiger partial charge in [0.1, 0.15) is 0 Å². The van der Waals surface area contributed by atoms with Crippen LogP contribution in [0.4, 0.5) is 0 Å². The lowest BCUT2D eigenvalue weighted by atomic mass is 10.1. The first-order valence-corrected chi connectivity index (χ1v) is 4.32. The summed E-state index contributed by atoms with van der Waals surface area (Å²) in [5, 5.41) is 0. The van der Waals surface area contributed by atoms with Gasteiger partial charge in [0.15, 0.2) is 0 Å². The van der Waals surface area contributed by atoms with Gasteiger partial charge in [-0.05, 0) is 18.4 Å². The molecule has 2 nitrogen and oxygen atoms in total. The number of nitrogens with one attached hydrogen (secondary N) is 1. The molecule has 0 saturated heterocycles.